The second-order valence-corrected chi connectivity index (χ2v) is 3.83. The highest BCUT2D eigenvalue weighted by molar-refractivity contribution is 5.78. The molecule has 0 bridgehead atoms. The molecule has 0 aliphatic heterocycles. The summed E-state index contributed by atoms with van der Waals surface area (Å²) in [6.07, 6.45) is 6.66. The Kier molecular flexibility index (Phi) is 3.53. The van der Waals surface area contributed by atoms with Gasteiger partial charge in [-0.15, -0.1) is 0 Å². The van der Waals surface area contributed by atoms with Gasteiger partial charge in [0, 0.05) is 11.6 Å². The number of hydrogen-bond acceptors (Lipinski definition) is 3. The number of ether oxygens (including phenoxy) is 1. The summed E-state index contributed by atoms with van der Waals surface area (Å²) in [7, 11) is 0. The van der Waals surface area contributed by atoms with E-state index in [-0.39, 0.29) is 0 Å². The van der Waals surface area contributed by atoms with Crippen molar-refractivity contribution in [3.8, 4) is 6.01 Å². The lowest BCUT2D eigenvalue weighted by atomic mass is 10.2. The molecule has 0 aliphatic carbocycles. The van der Waals surface area contributed by atoms with Crippen LogP contribution < -0.4 is 4.74 Å². The van der Waals surface area contributed by atoms with Crippen LogP contribution in [0.2, 0.25) is 0 Å². The molecule has 0 N–H and O–H groups in total. The second-order valence-electron chi connectivity index (χ2n) is 3.83. The number of allylic oxidation sites excluding steroid dienone is 3. The van der Waals surface area contributed by atoms with Gasteiger partial charge in [0.2, 0.25) is 0 Å². The standard InChI is InChI=1S/C15H14N2O/c1-4-6-13(5-2)18-15-16-10-12-8-7-11(3)9-14(12)17-15/h4-10H,1-2H2,3H3/b13-6+. The molecule has 0 aliphatic rings. The Morgan fingerprint density at radius 1 is 1.33 bits per heavy atom. The van der Waals surface area contributed by atoms with Crippen molar-refractivity contribution in [1.29, 1.82) is 0 Å². The molecule has 2 aromatic rings. The minimum atomic E-state index is 0.307. The molecule has 1 aromatic heterocycles. The van der Waals surface area contributed by atoms with E-state index >= 15 is 0 Å². The minimum absolute atomic E-state index is 0.307. The van der Waals surface area contributed by atoms with E-state index < -0.39 is 0 Å². The lowest BCUT2D eigenvalue weighted by Crippen LogP contribution is -1.97. The molecular weight excluding hydrogens is 224 g/mol. The maximum atomic E-state index is 5.50. The quantitative estimate of drug-likeness (QED) is 0.603. The number of benzene rings is 1. The normalized spacial score (nSPS) is 11.3. The maximum absolute atomic E-state index is 5.50. The molecular formula is C15H14N2O. The Balaban J connectivity index is 2.37. The van der Waals surface area contributed by atoms with Crippen molar-refractivity contribution in [2.75, 3.05) is 0 Å². The van der Waals surface area contributed by atoms with Crippen molar-refractivity contribution >= 4 is 10.9 Å². The van der Waals surface area contributed by atoms with Crippen molar-refractivity contribution in [3.63, 3.8) is 0 Å². The zero-order valence-electron chi connectivity index (χ0n) is 10.3. The van der Waals surface area contributed by atoms with E-state index in [1.165, 1.54) is 0 Å². The highest BCUT2D eigenvalue weighted by Gasteiger charge is 2.02. The van der Waals surface area contributed by atoms with E-state index in [4.69, 9.17) is 4.74 Å². The zero-order valence-corrected chi connectivity index (χ0v) is 10.3. The van der Waals surface area contributed by atoms with Gasteiger partial charge in [-0.25, -0.2) is 4.98 Å². The predicted molar refractivity (Wildman–Crippen MR) is 73.4 cm³/mol. The van der Waals surface area contributed by atoms with Gasteiger partial charge in [0.25, 0.3) is 0 Å². The summed E-state index contributed by atoms with van der Waals surface area (Å²) in [5, 5.41) is 0.987. The number of hydrogen-bond donors (Lipinski definition) is 0. The van der Waals surface area contributed by atoms with Crippen molar-refractivity contribution in [3.05, 3.63) is 67.1 Å². The number of fused-ring (bicyclic) bond motifs is 1. The van der Waals surface area contributed by atoms with E-state index in [0.717, 1.165) is 16.5 Å². The van der Waals surface area contributed by atoms with Crippen LogP contribution in [0.25, 0.3) is 10.9 Å². The molecule has 0 atom stereocenters. The summed E-state index contributed by atoms with van der Waals surface area (Å²) < 4.78 is 5.50. The van der Waals surface area contributed by atoms with Crippen LogP contribution in [0.1, 0.15) is 5.56 Å². The Hall–Kier alpha value is -2.42. The minimum Gasteiger partial charge on any atom is -0.424 e. The SMILES string of the molecule is C=C/C=C(\C=C)Oc1ncc2ccc(C)cc2n1. The lowest BCUT2D eigenvalue weighted by Gasteiger charge is -2.05. The van der Waals surface area contributed by atoms with Crippen molar-refractivity contribution < 1.29 is 4.74 Å². The van der Waals surface area contributed by atoms with Crippen LogP contribution >= 0.6 is 0 Å². The summed E-state index contributed by atoms with van der Waals surface area (Å²) in [4.78, 5) is 8.50. The van der Waals surface area contributed by atoms with Crippen LogP contribution in [-0.4, -0.2) is 9.97 Å². The van der Waals surface area contributed by atoms with Crippen LogP contribution in [0.5, 0.6) is 6.01 Å². The average Bonchev–Trinajstić information content (AvgIpc) is 2.37. The topological polar surface area (TPSA) is 35.0 Å². The molecule has 3 heteroatoms. The zero-order chi connectivity index (χ0) is 13.0. The Labute approximate surface area is 106 Å². The third-order valence-electron chi connectivity index (χ3n) is 2.41. The van der Waals surface area contributed by atoms with Gasteiger partial charge in [-0.2, -0.15) is 4.98 Å². The van der Waals surface area contributed by atoms with E-state index in [0.29, 0.717) is 11.8 Å². The lowest BCUT2D eigenvalue weighted by molar-refractivity contribution is 0.410. The van der Waals surface area contributed by atoms with Gasteiger partial charge >= 0.3 is 6.01 Å². The van der Waals surface area contributed by atoms with Crippen molar-refractivity contribution in [2.24, 2.45) is 0 Å². The van der Waals surface area contributed by atoms with Gasteiger partial charge < -0.3 is 4.74 Å². The van der Waals surface area contributed by atoms with Crippen LogP contribution in [0.4, 0.5) is 0 Å². The first-order valence-corrected chi connectivity index (χ1v) is 5.59. The first-order valence-electron chi connectivity index (χ1n) is 5.59. The van der Waals surface area contributed by atoms with Gasteiger partial charge in [-0.05, 0) is 30.7 Å². The van der Waals surface area contributed by atoms with E-state index in [2.05, 4.69) is 23.1 Å². The van der Waals surface area contributed by atoms with Crippen LogP contribution in [0.15, 0.2) is 61.5 Å². The fourth-order valence-corrected chi connectivity index (χ4v) is 1.53. The summed E-state index contributed by atoms with van der Waals surface area (Å²) in [5.41, 5.74) is 2.01. The fourth-order valence-electron chi connectivity index (χ4n) is 1.53. The van der Waals surface area contributed by atoms with Crippen LogP contribution in [0, 0.1) is 6.92 Å². The smallest absolute Gasteiger partial charge is 0.322 e. The van der Waals surface area contributed by atoms with Crippen LogP contribution in [0.3, 0.4) is 0 Å². The summed E-state index contributed by atoms with van der Waals surface area (Å²) >= 11 is 0. The van der Waals surface area contributed by atoms with Crippen molar-refractivity contribution in [2.45, 2.75) is 6.92 Å². The second kappa shape index (κ2) is 5.27. The highest BCUT2D eigenvalue weighted by atomic mass is 16.5. The Morgan fingerprint density at radius 3 is 2.89 bits per heavy atom. The molecule has 0 spiro atoms. The van der Waals surface area contributed by atoms with Gasteiger partial charge in [0.15, 0.2) is 0 Å². The molecule has 90 valence electrons. The molecule has 0 unspecified atom stereocenters. The Bertz CT molecular complexity index is 629. The van der Waals surface area contributed by atoms with E-state index in [1.54, 1.807) is 24.4 Å². The number of aromatic nitrogens is 2. The number of nitrogens with zero attached hydrogens (tertiary/aromatic N) is 2. The summed E-state index contributed by atoms with van der Waals surface area (Å²) in [6, 6.07) is 6.32. The summed E-state index contributed by atoms with van der Waals surface area (Å²) in [6.45, 7) is 9.28. The predicted octanol–water partition coefficient (Wildman–Crippen LogP) is 3.57. The van der Waals surface area contributed by atoms with Gasteiger partial charge in [0.05, 0.1) is 5.52 Å². The van der Waals surface area contributed by atoms with E-state index in [1.807, 2.05) is 25.1 Å². The van der Waals surface area contributed by atoms with Crippen molar-refractivity contribution in [1.82, 2.24) is 9.97 Å². The molecule has 18 heavy (non-hydrogen) atoms. The van der Waals surface area contributed by atoms with Crippen LogP contribution in [-0.2, 0) is 0 Å². The Morgan fingerprint density at radius 2 is 2.17 bits per heavy atom. The molecule has 2 rings (SSSR count). The molecule has 0 saturated heterocycles. The monoisotopic (exact) mass is 238 g/mol. The maximum Gasteiger partial charge on any atom is 0.322 e. The molecule has 3 nitrogen and oxygen atoms in total. The van der Waals surface area contributed by atoms with Gasteiger partial charge in [-0.1, -0.05) is 31.4 Å². The van der Waals surface area contributed by atoms with E-state index in [9.17, 15) is 0 Å². The van der Waals surface area contributed by atoms with Gasteiger partial charge in [0.1, 0.15) is 5.76 Å². The first-order chi connectivity index (χ1) is 8.72. The average molecular weight is 238 g/mol. The summed E-state index contributed by atoms with van der Waals surface area (Å²) in [5.74, 6) is 0.567. The molecule has 0 fully saturated rings. The molecule has 0 amide bonds. The first kappa shape index (κ1) is 12.0. The molecule has 1 heterocycles. The fraction of sp³-hybridized carbons (Fsp3) is 0.0667. The third-order valence-corrected chi connectivity index (χ3v) is 2.41. The highest BCUT2D eigenvalue weighted by Crippen LogP contribution is 2.16. The molecule has 0 saturated carbocycles. The molecule has 1 aromatic carbocycles. The third kappa shape index (κ3) is 2.63. The number of aryl methyl sites for hydroxylation is 1. The van der Waals surface area contributed by atoms with Gasteiger partial charge in [-0.3, -0.25) is 0 Å². The largest absolute Gasteiger partial charge is 0.424 e. The molecule has 0 radical (unpaired) electrons. The number of rotatable bonds is 4.